The van der Waals surface area contributed by atoms with Gasteiger partial charge in [-0.25, -0.2) is 4.79 Å². The first-order chi connectivity index (χ1) is 33.6. The molecule has 0 aromatic rings. The number of aliphatic hydroxyl groups excluding tert-OH is 2. The van der Waals surface area contributed by atoms with Crippen molar-refractivity contribution in [1.82, 2.24) is 0 Å². The smallest absolute Gasteiger partial charge is 0.335 e. The molecule has 0 radical (unpaired) electrons. The Bertz CT molecular complexity index is 1350. The second-order valence-electron chi connectivity index (χ2n) is 19.2. The van der Waals surface area contributed by atoms with Crippen molar-refractivity contribution in [3.8, 4) is 0 Å². The van der Waals surface area contributed by atoms with Gasteiger partial charge in [0.15, 0.2) is 24.6 Å². The Hall–Kier alpha value is -3.06. The zero-order chi connectivity index (χ0) is 50.4. The Morgan fingerprint density at radius 3 is 1.39 bits per heavy atom. The summed E-state index contributed by atoms with van der Waals surface area (Å²) in [7, 11) is 0. The van der Waals surface area contributed by atoms with Crippen LogP contribution in [0.5, 0.6) is 0 Å². The van der Waals surface area contributed by atoms with E-state index in [0.717, 1.165) is 89.9 Å². The molecule has 0 bridgehead atoms. The molecule has 0 aromatic carbocycles. The van der Waals surface area contributed by atoms with E-state index < -0.39 is 67.3 Å². The highest BCUT2D eigenvalue weighted by Crippen LogP contribution is 2.26. The molecule has 0 saturated carbocycles. The number of esters is 3. The number of allylic oxidation sites excluding steroid dienone is 6. The fraction of sp³-hybridized carbons (Fsp3) is 0.825. The van der Waals surface area contributed by atoms with Crippen LogP contribution in [0.2, 0.25) is 0 Å². The first kappa shape index (κ1) is 64.0. The fourth-order valence-electron chi connectivity index (χ4n) is 8.44. The van der Waals surface area contributed by atoms with E-state index in [1.165, 1.54) is 103 Å². The normalized spacial score (nSPS) is 18.9. The van der Waals surface area contributed by atoms with Crippen molar-refractivity contribution < 1.29 is 58.2 Å². The van der Waals surface area contributed by atoms with Crippen molar-refractivity contribution >= 4 is 23.9 Å². The summed E-state index contributed by atoms with van der Waals surface area (Å²) in [6, 6.07) is 0. The Morgan fingerprint density at radius 2 is 0.913 bits per heavy atom. The largest absolute Gasteiger partial charge is 0.479 e. The molecule has 69 heavy (non-hydrogen) atoms. The summed E-state index contributed by atoms with van der Waals surface area (Å²) in [4.78, 5) is 50.9. The number of unbranched alkanes of at least 4 members (excludes halogenated alkanes) is 27. The Labute approximate surface area is 419 Å². The number of carboxylic acid groups (broad SMARTS) is 1. The SMILES string of the molecule is CC/C=C\C/C=C\C/C=C\CCCCCCCC(=O)OC1C(OCC(COC(=O)CCCCCCCCCCCCCCCCC)OC(=O)CCCCCCCCCCC)OC(C(=O)O)C(O)C1O. The van der Waals surface area contributed by atoms with Gasteiger partial charge in [-0.1, -0.05) is 218 Å². The number of aliphatic hydroxyl groups is 2. The van der Waals surface area contributed by atoms with E-state index in [-0.39, 0.29) is 25.9 Å². The van der Waals surface area contributed by atoms with Crippen LogP contribution in [0.1, 0.15) is 252 Å². The number of aliphatic carboxylic acids is 1. The summed E-state index contributed by atoms with van der Waals surface area (Å²) in [6.07, 6.45) is 39.9. The van der Waals surface area contributed by atoms with Crippen molar-refractivity contribution in [2.75, 3.05) is 13.2 Å². The number of hydrogen-bond acceptors (Lipinski definition) is 11. The summed E-state index contributed by atoms with van der Waals surface area (Å²) >= 11 is 0. The van der Waals surface area contributed by atoms with Crippen LogP contribution in [-0.2, 0) is 42.9 Å². The Balaban J connectivity index is 2.67. The van der Waals surface area contributed by atoms with Gasteiger partial charge in [0, 0.05) is 19.3 Å². The number of carbonyl (C=O) groups is 4. The maximum atomic E-state index is 13.0. The molecule has 1 rings (SSSR count). The molecule has 0 aromatic heterocycles. The summed E-state index contributed by atoms with van der Waals surface area (Å²) in [6.45, 7) is 5.85. The van der Waals surface area contributed by atoms with Gasteiger partial charge in [-0.3, -0.25) is 14.4 Å². The highest BCUT2D eigenvalue weighted by Gasteiger charge is 2.50. The monoisotopic (exact) mass is 977 g/mol. The molecule has 0 spiro atoms. The van der Waals surface area contributed by atoms with E-state index in [1.807, 2.05) is 0 Å². The van der Waals surface area contributed by atoms with Crippen molar-refractivity contribution in [2.24, 2.45) is 0 Å². The third kappa shape index (κ3) is 36.5. The maximum absolute atomic E-state index is 13.0. The lowest BCUT2D eigenvalue weighted by atomic mass is 9.98. The van der Waals surface area contributed by atoms with E-state index in [0.29, 0.717) is 19.3 Å². The van der Waals surface area contributed by atoms with E-state index >= 15 is 0 Å². The minimum atomic E-state index is -1.90. The first-order valence-corrected chi connectivity index (χ1v) is 28.0. The van der Waals surface area contributed by atoms with Crippen LogP contribution in [0.4, 0.5) is 0 Å². The van der Waals surface area contributed by atoms with Crippen molar-refractivity contribution in [3.05, 3.63) is 36.5 Å². The third-order valence-corrected chi connectivity index (χ3v) is 12.7. The second kappa shape index (κ2) is 46.0. The van der Waals surface area contributed by atoms with Gasteiger partial charge in [0.1, 0.15) is 18.8 Å². The number of carboxylic acids is 1. The van der Waals surface area contributed by atoms with Gasteiger partial charge in [-0.15, -0.1) is 0 Å². The minimum Gasteiger partial charge on any atom is -0.479 e. The summed E-state index contributed by atoms with van der Waals surface area (Å²) < 4.78 is 28.3. The standard InChI is InChI=1S/C57H100O12/c1-4-7-10-13-16-19-21-23-25-27-29-32-34-37-40-43-49(58)65-46-48(67-50(59)44-41-38-35-31-18-15-12-9-6-3)47-66-57-55(53(62)52(61)54(69-57)56(63)64)68-51(60)45-42-39-36-33-30-28-26-24-22-20-17-14-11-8-5-2/h8,11,17,20,24,26,48,52-55,57,61-62H,4-7,9-10,12-16,18-19,21-23,25,27-47H2,1-3H3,(H,63,64)/b11-8-,20-17-,26-24-. The molecule has 1 heterocycles. The molecule has 1 aliphatic rings. The predicted molar refractivity (Wildman–Crippen MR) is 276 cm³/mol. The van der Waals surface area contributed by atoms with Gasteiger partial charge in [0.2, 0.25) is 0 Å². The molecule has 3 N–H and O–H groups in total. The molecule has 6 unspecified atom stereocenters. The molecular weight excluding hydrogens is 877 g/mol. The van der Waals surface area contributed by atoms with Crippen LogP contribution >= 0.6 is 0 Å². The quantitative estimate of drug-likeness (QED) is 0.0228. The highest BCUT2D eigenvalue weighted by molar-refractivity contribution is 5.74. The van der Waals surface area contributed by atoms with Crippen LogP contribution in [0.3, 0.4) is 0 Å². The first-order valence-electron chi connectivity index (χ1n) is 28.0. The molecule has 1 aliphatic heterocycles. The zero-order valence-electron chi connectivity index (χ0n) is 43.8. The summed E-state index contributed by atoms with van der Waals surface area (Å²) in [5.41, 5.74) is 0. The van der Waals surface area contributed by atoms with Crippen molar-refractivity contribution in [1.29, 1.82) is 0 Å². The van der Waals surface area contributed by atoms with E-state index in [1.54, 1.807) is 0 Å². The van der Waals surface area contributed by atoms with E-state index in [4.69, 9.17) is 23.7 Å². The van der Waals surface area contributed by atoms with Gasteiger partial charge in [0.25, 0.3) is 0 Å². The van der Waals surface area contributed by atoms with Crippen LogP contribution in [0.25, 0.3) is 0 Å². The number of ether oxygens (including phenoxy) is 5. The van der Waals surface area contributed by atoms with E-state index in [2.05, 4.69) is 57.2 Å². The molecule has 6 atom stereocenters. The molecule has 1 saturated heterocycles. The van der Waals surface area contributed by atoms with Crippen LogP contribution < -0.4 is 0 Å². The lowest BCUT2D eigenvalue weighted by Gasteiger charge is -2.40. The van der Waals surface area contributed by atoms with Gasteiger partial charge < -0.3 is 39.0 Å². The minimum absolute atomic E-state index is 0.0441. The molecule has 400 valence electrons. The lowest BCUT2D eigenvalue weighted by Crippen LogP contribution is -2.61. The van der Waals surface area contributed by atoms with Crippen molar-refractivity contribution in [3.63, 3.8) is 0 Å². The highest BCUT2D eigenvalue weighted by atomic mass is 16.7. The summed E-state index contributed by atoms with van der Waals surface area (Å²) in [5, 5.41) is 31.4. The van der Waals surface area contributed by atoms with Gasteiger partial charge in [-0.05, 0) is 51.4 Å². The average molecular weight is 977 g/mol. The van der Waals surface area contributed by atoms with Gasteiger partial charge in [0.05, 0.1) is 6.61 Å². The van der Waals surface area contributed by atoms with Gasteiger partial charge in [-0.2, -0.15) is 0 Å². The third-order valence-electron chi connectivity index (χ3n) is 12.7. The van der Waals surface area contributed by atoms with E-state index in [9.17, 15) is 34.5 Å². The zero-order valence-corrected chi connectivity index (χ0v) is 43.8. The average Bonchev–Trinajstić information content (AvgIpc) is 3.33. The maximum Gasteiger partial charge on any atom is 0.335 e. The van der Waals surface area contributed by atoms with Crippen LogP contribution in [0.15, 0.2) is 36.5 Å². The van der Waals surface area contributed by atoms with Crippen LogP contribution in [0, 0.1) is 0 Å². The second-order valence-corrected chi connectivity index (χ2v) is 19.2. The van der Waals surface area contributed by atoms with Crippen LogP contribution in [-0.4, -0.2) is 89.2 Å². The topological polar surface area (TPSA) is 175 Å². The fourth-order valence-corrected chi connectivity index (χ4v) is 8.44. The van der Waals surface area contributed by atoms with Crippen molar-refractivity contribution in [2.45, 2.75) is 289 Å². The Kier molecular flexibility index (Phi) is 42.7. The number of carbonyl (C=O) groups excluding carboxylic acids is 3. The lowest BCUT2D eigenvalue weighted by molar-refractivity contribution is -0.301. The molecule has 12 nitrogen and oxygen atoms in total. The summed E-state index contributed by atoms with van der Waals surface area (Å²) in [5.74, 6) is -3.12. The molecule has 12 heteroatoms. The molecule has 0 amide bonds. The van der Waals surface area contributed by atoms with Gasteiger partial charge >= 0.3 is 23.9 Å². The molecule has 0 aliphatic carbocycles. The number of rotatable bonds is 47. The molecule has 1 fully saturated rings. The Morgan fingerprint density at radius 1 is 0.493 bits per heavy atom. The number of hydrogen-bond donors (Lipinski definition) is 3. The molecular formula is C57H100O12. The predicted octanol–water partition coefficient (Wildman–Crippen LogP) is 13.7.